The van der Waals surface area contributed by atoms with Gasteiger partial charge in [-0.05, 0) is 62.9 Å². The standard InChI is InChI=1S/C23H24N6O2/c1-14-5-7-15(8-6-14)28-19(30)17-10-9-16(13-18(17)20(28)31)29-22(25)26-21(24)27-23(29)11-3-2-4-12-23/h5-10,13H,2-4,11-12H2,1H3,(H4,24,25,26,27). The summed E-state index contributed by atoms with van der Waals surface area (Å²) in [6, 6.07) is 12.5. The summed E-state index contributed by atoms with van der Waals surface area (Å²) in [5.41, 5.74) is 14.7. The van der Waals surface area contributed by atoms with Crippen molar-refractivity contribution >= 4 is 35.1 Å². The maximum absolute atomic E-state index is 13.2. The predicted molar refractivity (Wildman–Crippen MR) is 120 cm³/mol. The molecular formula is C23H24N6O2. The summed E-state index contributed by atoms with van der Waals surface area (Å²) in [6.45, 7) is 1.96. The number of anilines is 2. The van der Waals surface area contributed by atoms with Crippen molar-refractivity contribution in [3.63, 3.8) is 0 Å². The molecule has 5 rings (SSSR count). The van der Waals surface area contributed by atoms with Crippen LogP contribution in [-0.4, -0.2) is 29.4 Å². The minimum Gasteiger partial charge on any atom is -0.369 e. The van der Waals surface area contributed by atoms with Gasteiger partial charge in [0.05, 0.1) is 16.8 Å². The largest absolute Gasteiger partial charge is 0.369 e. The Morgan fingerprint density at radius 1 is 0.871 bits per heavy atom. The van der Waals surface area contributed by atoms with Crippen molar-refractivity contribution in [3.8, 4) is 0 Å². The number of nitrogens with two attached hydrogens (primary N) is 2. The SMILES string of the molecule is Cc1ccc(N2C(=O)c3ccc(N4C(N)=NC(N)=NC45CCCCC5)cc3C2=O)cc1. The van der Waals surface area contributed by atoms with Crippen LogP contribution in [0.5, 0.6) is 0 Å². The van der Waals surface area contributed by atoms with Crippen molar-refractivity contribution in [3.05, 3.63) is 59.2 Å². The van der Waals surface area contributed by atoms with Crippen LogP contribution in [0.3, 0.4) is 0 Å². The van der Waals surface area contributed by atoms with E-state index in [0.717, 1.165) is 37.7 Å². The lowest BCUT2D eigenvalue weighted by Crippen LogP contribution is -2.58. The molecule has 2 aromatic carbocycles. The molecule has 8 heteroatoms. The number of hydrogen-bond acceptors (Lipinski definition) is 7. The normalized spacial score (nSPS) is 20.0. The van der Waals surface area contributed by atoms with Crippen LogP contribution in [0.25, 0.3) is 0 Å². The van der Waals surface area contributed by atoms with E-state index in [-0.39, 0.29) is 23.7 Å². The zero-order valence-electron chi connectivity index (χ0n) is 17.3. The van der Waals surface area contributed by atoms with Crippen LogP contribution in [-0.2, 0) is 0 Å². The highest BCUT2D eigenvalue weighted by Crippen LogP contribution is 2.41. The molecule has 3 aliphatic rings. The number of aryl methyl sites for hydroxylation is 1. The number of guanidine groups is 2. The predicted octanol–water partition coefficient (Wildman–Crippen LogP) is 2.91. The van der Waals surface area contributed by atoms with Crippen molar-refractivity contribution in [2.45, 2.75) is 44.7 Å². The Morgan fingerprint density at radius 2 is 1.52 bits per heavy atom. The van der Waals surface area contributed by atoms with Crippen LogP contribution in [0, 0.1) is 6.92 Å². The Labute approximate surface area is 180 Å². The summed E-state index contributed by atoms with van der Waals surface area (Å²) in [5, 5.41) is 0. The molecule has 0 unspecified atom stereocenters. The summed E-state index contributed by atoms with van der Waals surface area (Å²) in [7, 11) is 0. The Bertz CT molecular complexity index is 1150. The third kappa shape index (κ3) is 2.98. The molecule has 1 saturated carbocycles. The topological polar surface area (TPSA) is 117 Å². The highest BCUT2D eigenvalue weighted by molar-refractivity contribution is 6.34. The number of nitrogens with zero attached hydrogens (tertiary/aromatic N) is 4. The summed E-state index contributed by atoms with van der Waals surface area (Å²) in [4.78, 5) is 38.1. The van der Waals surface area contributed by atoms with Crippen LogP contribution in [0.15, 0.2) is 52.4 Å². The molecule has 2 heterocycles. The average molecular weight is 416 g/mol. The van der Waals surface area contributed by atoms with Gasteiger partial charge in [-0.25, -0.2) is 9.89 Å². The van der Waals surface area contributed by atoms with Gasteiger partial charge in [0.2, 0.25) is 11.9 Å². The second kappa shape index (κ2) is 6.94. The maximum Gasteiger partial charge on any atom is 0.266 e. The number of rotatable bonds is 2. The van der Waals surface area contributed by atoms with Gasteiger partial charge < -0.3 is 11.5 Å². The fourth-order valence-corrected chi connectivity index (χ4v) is 4.79. The number of carbonyl (C=O) groups is 2. The van der Waals surface area contributed by atoms with E-state index < -0.39 is 5.66 Å². The molecule has 0 saturated heterocycles. The van der Waals surface area contributed by atoms with Gasteiger partial charge in [-0.3, -0.25) is 14.5 Å². The van der Waals surface area contributed by atoms with E-state index in [4.69, 9.17) is 11.5 Å². The quantitative estimate of drug-likeness (QED) is 0.730. The summed E-state index contributed by atoms with van der Waals surface area (Å²) >= 11 is 0. The summed E-state index contributed by atoms with van der Waals surface area (Å²) < 4.78 is 0. The Hall–Kier alpha value is -3.68. The molecule has 0 bridgehead atoms. The van der Waals surface area contributed by atoms with Crippen LogP contribution in [0.2, 0.25) is 0 Å². The monoisotopic (exact) mass is 416 g/mol. The van der Waals surface area contributed by atoms with Crippen molar-refractivity contribution in [2.75, 3.05) is 9.80 Å². The van der Waals surface area contributed by atoms with Gasteiger partial charge in [-0.1, -0.05) is 24.1 Å². The number of carbonyl (C=O) groups excluding carboxylic acids is 2. The second-order valence-electron chi connectivity index (χ2n) is 8.33. The molecular weight excluding hydrogens is 392 g/mol. The molecule has 31 heavy (non-hydrogen) atoms. The second-order valence-corrected chi connectivity index (χ2v) is 8.33. The first kappa shape index (κ1) is 19.3. The highest BCUT2D eigenvalue weighted by Gasteiger charge is 2.44. The molecule has 2 aliphatic heterocycles. The number of imide groups is 1. The van der Waals surface area contributed by atoms with E-state index in [1.165, 1.54) is 4.90 Å². The maximum atomic E-state index is 13.2. The Morgan fingerprint density at radius 3 is 2.23 bits per heavy atom. The average Bonchev–Trinajstić information content (AvgIpc) is 2.99. The molecule has 1 spiro atoms. The lowest BCUT2D eigenvalue weighted by molar-refractivity contribution is 0.0926. The number of aliphatic imine (C=N–C) groups is 2. The Balaban J connectivity index is 1.56. The van der Waals surface area contributed by atoms with Gasteiger partial charge in [-0.15, -0.1) is 0 Å². The van der Waals surface area contributed by atoms with E-state index in [1.54, 1.807) is 30.3 Å². The lowest BCUT2D eigenvalue weighted by Gasteiger charge is -2.45. The molecule has 0 radical (unpaired) electrons. The van der Waals surface area contributed by atoms with Crippen LogP contribution in [0.1, 0.15) is 58.4 Å². The molecule has 0 aromatic heterocycles. The van der Waals surface area contributed by atoms with Crippen molar-refractivity contribution in [2.24, 2.45) is 21.5 Å². The van der Waals surface area contributed by atoms with E-state index in [0.29, 0.717) is 22.5 Å². The molecule has 4 N–H and O–H groups in total. The Kier molecular flexibility index (Phi) is 4.32. The van der Waals surface area contributed by atoms with Crippen molar-refractivity contribution in [1.82, 2.24) is 0 Å². The smallest absolute Gasteiger partial charge is 0.266 e. The van der Waals surface area contributed by atoms with Gasteiger partial charge >= 0.3 is 0 Å². The third-order valence-corrected chi connectivity index (χ3v) is 6.27. The zero-order valence-corrected chi connectivity index (χ0v) is 17.3. The fourth-order valence-electron chi connectivity index (χ4n) is 4.79. The van der Waals surface area contributed by atoms with Crippen molar-refractivity contribution < 1.29 is 9.59 Å². The van der Waals surface area contributed by atoms with Crippen LogP contribution in [0.4, 0.5) is 11.4 Å². The summed E-state index contributed by atoms with van der Waals surface area (Å²) in [6.07, 6.45) is 4.73. The van der Waals surface area contributed by atoms with Crippen LogP contribution < -0.4 is 21.3 Å². The minimum atomic E-state index is -0.606. The molecule has 0 atom stereocenters. The fraction of sp³-hybridized carbons (Fsp3) is 0.304. The molecule has 2 amide bonds. The van der Waals surface area contributed by atoms with E-state index in [1.807, 2.05) is 24.0 Å². The molecule has 8 nitrogen and oxygen atoms in total. The minimum absolute atomic E-state index is 0.175. The van der Waals surface area contributed by atoms with Crippen molar-refractivity contribution in [1.29, 1.82) is 0 Å². The van der Waals surface area contributed by atoms with E-state index in [2.05, 4.69) is 9.98 Å². The zero-order chi connectivity index (χ0) is 21.8. The molecule has 1 fully saturated rings. The molecule has 2 aromatic rings. The lowest BCUT2D eigenvalue weighted by atomic mass is 9.87. The van der Waals surface area contributed by atoms with Crippen LogP contribution >= 0.6 is 0 Å². The van der Waals surface area contributed by atoms with Gasteiger partial charge in [0, 0.05) is 5.69 Å². The first-order valence-electron chi connectivity index (χ1n) is 10.5. The van der Waals surface area contributed by atoms with Gasteiger partial charge in [-0.2, -0.15) is 4.99 Å². The van der Waals surface area contributed by atoms with Gasteiger partial charge in [0.1, 0.15) is 5.66 Å². The highest BCUT2D eigenvalue weighted by atomic mass is 16.2. The third-order valence-electron chi connectivity index (χ3n) is 6.27. The number of hydrogen-bond donors (Lipinski definition) is 2. The first-order valence-corrected chi connectivity index (χ1v) is 10.5. The van der Waals surface area contributed by atoms with E-state index in [9.17, 15) is 9.59 Å². The van der Waals surface area contributed by atoms with E-state index >= 15 is 0 Å². The first-order chi connectivity index (χ1) is 14.9. The van der Waals surface area contributed by atoms with Gasteiger partial charge in [0.15, 0.2) is 0 Å². The number of fused-ring (bicyclic) bond motifs is 1. The molecule has 1 aliphatic carbocycles. The summed E-state index contributed by atoms with van der Waals surface area (Å²) in [5.74, 6) is -0.251. The molecule has 158 valence electrons. The number of benzene rings is 2. The number of amides is 2. The van der Waals surface area contributed by atoms with Gasteiger partial charge in [0.25, 0.3) is 11.8 Å².